The zero-order valence-electron chi connectivity index (χ0n) is 20.5. The van der Waals surface area contributed by atoms with Gasteiger partial charge in [0.2, 0.25) is 5.76 Å². The predicted octanol–water partition coefficient (Wildman–Crippen LogP) is 4.46. The highest BCUT2D eigenvalue weighted by atomic mass is 16.4. The number of para-hydroxylation sites is 1. The average molecular weight is 452 g/mol. The second kappa shape index (κ2) is 10.00. The number of benzene rings is 1. The molecular weight excluding hydrogens is 414 g/mol. The van der Waals surface area contributed by atoms with Gasteiger partial charge in [0.1, 0.15) is 0 Å². The number of piperazine rings is 1. The first-order chi connectivity index (χ1) is 15.8. The van der Waals surface area contributed by atoms with Gasteiger partial charge in [-0.2, -0.15) is 0 Å². The third kappa shape index (κ3) is 5.41. The maximum atomic E-state index is 13.1. The summed E-state index contributed by atoms with van der Waals surface area (Å²) in [6.45, 7) is 10.5. The molecule has 2 aromatic heterocycles. The Balaban J connectivity index is 1.45. The van der Waals surface area contributed by atoms with Gasteiger partial charge in [0.05, 0.1) is 6.20 Å². The van der Waals surface area contributed by atoms with E-state index in [0.717, 1.165) is 37.9 Å². The van der Waals surface area contributed by atoms with Gasteiger partial charge in [-0.25, -0.2) is 4.98 Å². The number of rotatable bonds is 8. The number of fused-ring (bicyclic) bond motifs is 1. The molecular formula is C26H37N5O2. The number of carbonyl (C=O) groups is 1. The number of H-pyrrole nitrogens is 1. The van der Waals surface area contributed by atoms with Crippen molar-refractivity contribution in [2.75, 3.05) is 25.0 Å². The number of oxazole rings is 1. The van der Waals surface area contributed by atoms with Gasteiger partial charge < -0.3 is 19.6 Å². The topological polar surface area (TPSA) is 77.4 Å². The smallest absolute Gasteiger partial charge is 0.298 e. The van der Waals surface area contributed by atoms with Crippen LogP contribution in [0.1, 0.15) is 56.7 Å². The van der Waals surface area contributed by atoms with Crippen LogP contribution in [0.3, 0.4) is 0 Å². The van der Waals surface area contributed by atoms with Gasteiger partial charge in [0, 0.05) is 48.3 Å². The molecule has 3 heterocycles. The molecule has 0 radical (unpaired) electrons. The molecule has 1 saturated heterocycles. The van der Waals surface area contributed by atoms with E-state index in [1.165, 1.54) is 10.9 Å². The maximum Gasteiger partial charge on any atom is 0.298 e. The molecule has 2 N–H and O–H groups in total. The molecule has 3 unspecified atom stereocenters. The minimum Gasteiger partial charge on any atom is -0.418 e. The van der Waals surface area contributed by atoms with E-state index in [9.17, 15) is 4.79 Å². The molecule has 178 valence electrons. The van der Waals surface area contributed by atoms with Crippen LogP contribution in [0.2, 0.25) is 0 Å². The molecule has 7 nitrogen and oxygen atoms in total. The summed E-state index contributed by atoms with van der Waals surface area (Å²) in [5.74, 6) is 0.653. The van der Waals surface area contributed by atoms with E-state index in [1.807, 2.05) is 6.07 Å². The Labute approximate surface area is 196 Å². The summed E-state index contributed by atoms with van der Waals surface area (Å²) in [5, 5.41) is 4.43. The van der Waals surface area contributed by atoms with Crippen molar-refractivity contribution in [1.29, 1.82) is 0 Å². The Morgan fingerprint density at radius 3 is 2.67 bits per heavy atom. The maximum absolute atomic E-state index is 13.1. The molecule has 33 heavy (non-hydrogen) atoms. The van der Waals surface area contributed by atoms with Crippen LogP contribution in [0, 0.1) is 5.92 Å². The summed E-state index contributed by atoms with van der Waals surface area (Å²) in [4.78, 5) is 25.4. The zero-order chi connectivity index (χ0) is 23.5. The third-order valence-corrected chi connectivity index (χ3v) is 6.92. The third-order valence-electron chi connectivity index (χ3n) is 6.92. The predicted molar refractivity (Wildman–Crippen MR) is 133 cm³/mol. The number of hydrogen-bond acceptors (Lipinski definition) is 5. The molecule has 0 saturated carbocycles. The minimum atomic E-state index is -0.197. The number of carbonyl (C=O) groups excluding carboxylic acids is 1. The normalized spacial score (nSPS) is 20.5. The number of nitrogens with zero attached hydrogens (tertiary/aromatic N) is 3. The first-order valence-corrected chi connectivity index (χ1v) is 12.1. The second-order valence-electron chi connectivity index (χ2n) is 9.98. The fourth-order valence-electron chi connectivity index (χ4n) is 4.66. The second-order valence-corrected chi connectivity index (χ2v) is 9.98. The van der Waals surface area contributed by atoms with Crippen molar-refractivity contribution in [1.82, 2.24) is 20.2 Å². The molecule has 1 aliphatic heterocycles. The van der Waals surface area contributed by atoms with E-state index in [4.69, 9.17) is 4.42 Å². The first-order valence-electron chi connectivity index (χ1n) is 12.1. The van der Waals surface area contributed by atoms with Crippen molar-refractivity contribution in [3.05, 3.63) is 48.0 Å². The molecule has 4 rings (SSSR count). The van der Waals surface area contributed by atoms with Crippen LogP contribution in [-0.2, 0) is 6.42 Å². The van der Waals surface area contributed by atoms with E-state index in [0.29, 0.717) is 24.0 Å². The quantitative estimate of drug-likeness (QED) is 0.529. The zero-order valence-corrected chi connectivity index (χ0v) is 20.5. The molecule has 3 aromatic rings. The molecule has 1 aromatic carbocycles. The number of amides is 1. The van der Waals surface area contributed by atoms with Crippen LogP contribution in [0.25, 0.3) is 10.9 Å². The van der Waals surface area contributed by atoms with E-state index in [-0.39, 0.29) is 17.7 Å². The van der Waals surface area contributed by atoms with Gasteiger partial charge in [-0.3, -0.25) is 9.69 Å². The highest BCUT2D eigenvalue weighted by Crippen LogP contribution is 2.23. The van der Waals surface area contributed by atoms with Gasteiger partial charge >= 0.3 is 0 Å². The van der Waals surface area contributed by atoms with Crippen molar-refractivity contribution < 1.29 is 9.21 Å². The van der Waals surface area contributed by atoms with Crippen molar-refractivity contribution in [3.8, 4) is 0 Å². The van der Waals surface area contributed by atoms with Crippen molar-refractivity contribution in [2.24, 2.45) is 5.92 Å². The average Bonchev–Trinajstić information content (AvgIpc) is 3.43. The molecule has 1 aliphatic rings. The highest BCUT2D eigenvalue weighted by Gasteiger charge is 2.29. The SMILES string of the molecule is CC(C)CCC(Cc1c[nH]c2ccccc12)NC(=O)c1cnc(N2CC(C)N(C)C(C)C2)o1. The first kappa shape index (κ1) is 23.4. The van der Waals surface area contributed by atoms with Gasteiger partial charge in [-0.1, -0.05) is 32.0 Å². The largest absolute Gasteiger partial charge is 0.418 e. The monoisotopic (exact) mass is 451 g/mol. The van der Waals surface area contributed by atoms with Crippen LogP contribution in [0.4, 0.5) is 6.01 Å². The van der Waals surface area contributed by atoms with Crippen LogP contribution < -0.4 is 10.2 Å². The van der Waals surface area contributed by atoms with Gasteiger partial charge in [-0.05, 0) is 57.7 Å². The molecule has 3 atom stereocenters. The van der Waals surface area contributed by atoms with E-state index in [2.05, 4.69) is 84.2 Å². The van der Waals surface area contributed by atoms with Crippen molar-refractivity contribution in [3.63, 3.8) is 0 Å². The number of anilines is 1. The van der Waals surface area contributed by atoms with E-state index in [1.54, 1.807) is 6.20 Å². The Morgan fingerprint density at radius 1 is 1.21 bits per heavy atom. The molecule has 0 aliphatic carbocycles. The number of aromatic nitrogens is 2. The Hall–Kier alpha value is -2.80. The summed E-state index contributed by atoms with van der Waals surface area (Å²) in [6.07, 6.45) is 6.35. The summed E-state index contributed by atoms with van der Waals surface area (Å²) >= 11 is 0. The number of hydrogen-bond donors (Lipinski definition) is 2. The van der Waals surface area contributed by atoms with Crippen LogP contribution >= 0.6 is 0 Å². The number of aromatic amines is 1. The van der Waals surface area contributed by atoms with Gasteiger partial charge in [0.25, 0.3) is 11.9 Å². The Bertz CT molecular complexity index is 1060. The summed E-state index contributed by atoms with van der Waals surface area (Å²) < 4.78 is 5.93. The number of nitrogens with one attached hydrogen (secondary N) is 2. The fraction of sp³-hybridized carbons (Fsp3) is 0.538. The molecule has 0 spiro atoms. The van der Waals surface area contributed by atoms with Crippen LogP contribution in [-0.4, -0.2) is 59.0 Å². The number of likely N-dealkylation sites (N-methyl/N-ethyl adjacent to an activating group) is 1. The Kier molecular flexibility index (Phi) is 7.08. The summed E-state index contributed by atoms with van der Waals surface area (Å²) in [7, 11) is 2.14. The standard InChI is InChI=1S/C26H37N5O2/c1-17(2)10-11-21(12-20-13-27-23-9-7-6-8-22(20)23)29-25(32)24-14-28-26(33-24)31-15-18(3)30(5)19(4)16-31/h6-9,13-14,17-19,21,27H,10-12,15-16H2,1-5H3,(H,29,32). The molecule has 7 heteroatoms. The van der Waals surface area contributed by atoms with Crippen molar-refractivity contribution >= 4 is 22.8 Å². The van der Waals surface area contributed by atoms with E-state index >= 15 is 0 Å². The van der Waals surface area contributed by atoms with Gasteiger partial charge in [-0.15, -0.1) is 0 Å². The van der Waals surface area contributed by atoms with Gasteiger partial charge in [0.15, 0.2) is 0 Å². The van der Waals surface area contributed by atoms with Crippen LogP contribution in [0.5, 0.6) is 0 Å². The van der Waals surface area contributed by atoms with E-state index < -0.39 is 0 Å². The molecule has 1 fully saturated rings. The fourth-order valence-corrected chi connectivity index (χ4v) is 4.66. The lowest BCUT2D eigenvalue weighted by Gasteiger charge is -2.41. The lowest BCUT2D eigenvalue weighted by Crippen LogP contribution is -2.55. The lowest BCUT2D eigenvalue weighted by atomic mass is 9.97. The Morgan fingerprint density at radius 2 is 1.94 bits per heavy atom. The minimum absolute atomic E-state index is 0.0244. The summed E-state index contributed by atoms with van der Waals surface area (Å²) in [6, 6.07) is 9.64. The van der Waals surface area contributed by atoms with Crippen LogP contribution in [0.15, 0.2) is 41.1 Å². The molecule has 0 bridgehead atoms. The summed E-state index contributed by atoms with van der Waals surface area (Å²) in [5.41, 5.74) is 2.34. The highest BCUT2D eigenvalue weighted by molar-refractivity contribution is 5.91. The molecule has 1 amide bonds. The lowest BCUT2D eigenvalue weighted by molar-refractivity contribution is 0.0905. The van der Waals surface area contributed by atoms with Crippen molar-refractivity contribution in [2.45, 2.75) is 65.1 Å².